The van der Waals surface area contributed by atoms with E-state index in [1.807, 2.05) is 12.1 Å². The summed E-state index contributed by atoms with van der Waals surface area (Å²) < 4.78 is 19.0. The Morgan fingerprint density at radius 1 is 1.10 bits per heavy atom. The lowest BCUT2D eigenvalue weighted by atomic mass is 10.2. The van der Waals surface area contributed by atoms with Gasteiger partial charge >= 0.3 is 0 Å². The quantitative estimate of drug-likeness (QED) is 0.779. The maximum absolute atomic E-state index is 13.5. The fourth-order valence-electron chi connectivity index (χ4n) is 1.83. The molecule has 0 radical (unpaired) electrons. The van der Waals surface area contributed by atoms with Crippen molar-refractivity contribution in [2.75, 3.05) is 5.73 Å². The van der Waals surface area contributed by atoms with Gasteiger partial charge in [-0.15, -0.1) is 0 Å². The zero-order chi connectivity index (χ0) is 14.8. The summed E-state index contributed by atoms with van der Waals surface area (Å²) in [5.41, 5.74) is 7.00. The summed E-state index contributed by atoms with van der Waals surface area (Å²) in [4.78, 5) is 8.42. The van der Waals surface area contributed by atoms with Gasteiger partial charge in [0.15, 0.2) is 5.82 Å². The fraction of sp³-hybridized carbons (Fsp3) is 0. The number of nitrogens with two attached hydrogens (primary N) is 1. The van der Waals surface area contributed by atoms with Crippen molar-refractivity contribution in [2.24, 2.45) is 0 Å². The molecule has 0 amide bonds. The molecule has 102 valence electrons. The number of benzene rings is 2. The maximum atomic E-state index is 13.5. The first-order valence-corrected chi connectivity index (χ1v) is 6.07. The van der Waals surface area contributed by atoms with Crippen LogP contribution in [0.15, 0.2) is 42.5 Å². The summed E-state index contributed by atoms with van der Waals surface area (Å²) in [5, 5.41) is 8.69. The second kappa shape index (κ2) is 5.06. The molecule has 0 bridgehead atoms. The van der Waals surface area contributed by atoms with Crippen molar-refractivity contribution in [3.8, 4) is 17.7 Å². The van der Waals surface area contributed by atoms with Crippen molar-refractivity contribution < 1.29 is 9.13 Å². The highest BCUT2D eigenvalue weighted by Crippen LogP contribution is 2.27. The second-order valence-electron chi connectivity index (χ2n) is 4.26. The Kier molecular flexibility index (Phi) is 3.09. The Hall–Kier alpha value is -3.20. The van der Waals surface area contributed by atoms with Crippen LogP contribution in [0.3, 0.4) is 0 Å². The number of nitrogens with zero attached hydrogens (tertiary/aromatic N) is 3. The van der Waals surface area contributed by atoms with E-state index in [0.29, 0.717) is 11.0 Å². The van der Waals surface area contributed by atoms with Crippen molar-refractivity contribution in [1.29, 1.82) is 5.26 Å². The minimum Gasteiger partial charge on any atom is -0.436 e. The molecule has 0 fully saturated rings. The molecule has 5 nitrogen and oxygen atoms in total. The van der Waals surface area contributed by atoms with Gasteiger partial charge in [-0.25, -0.2) is 14.4 Å². The van der Waals surface area contributed by atoms with Crippen LogP contribution in [0, 0.1) is 17.1 Å². The Morgan fingerprint density at radius 2 is 1.81 bits per heavy atom. The molecule has 6 heteroatoms. The van der Waals surface area contributed by atoms with E-state index in [1.165, 1.54) is 12.1 Å². The first-order chi connectivity index (χ1) is 10.2. The van der Waals surface area contributed by atoms with Crippen molar-refractivity contribution in [3.05, 3.63) is 53.8 Å². The molecule has 0 aliphatic heterocycles. The molecule has 3 rings (SSSR count). The Bertz CT molecular complexity index is 873. The number of hydrogen-bond donors (Lipinski definition) is 1. The molecule has 3 aromatic rings. The van der Waals surface area contributed by atoms with E-state index in [2.05, 4.69) is 9.97 Å². The lowest BCUT2D eigenvalue weighted by Gasteiger charge is -2.08. The van der Waals surface area contributed by atoms with E-state index in [0.717, 1.165) is 6.07 Å². The highest BCUT2D eigenvalue weighted by atomic mass is 19.1. The van der Waals surface area contributed by atoms with Crippen LogP contribution in [-0.4, -0.2) is 9.97 Å². The third kappa shape index (κ3) is 2.44. The highest BCUT2D eigenvalue weighted by Gasteiger charge is 2.10. The molecule has 2 N–H and O–H groups in total. The van der Waals surface area contributed by atoms with Crippen molar-refractivity contribution >= 4 is 16.9 Å². The predicted molar refractivity (Wildman–Crippen MR) is 75.1 cm³/mol. The van der Waals surface area contributed by atoms with Crippen LogP contribution in [0.1, 0.15) is 5.56 Å². The van der Waals surface area contributed by atoms with Crippen molar-refractivity contribution in [3.63, 3.8) is 0 Å². The van der Waals surface area contributed by atoms with E-state index >= 15 is 0 Å². The zero-order valence-electron chi connectivity index (χ0n) is 10.7. The van der Waals surface area contributed by atoms with Gasteiger partial charge in [-0.3, -0.25) is 0 Å². The number of hydrogen-bond acceptors (Lipinski definition) is 5. The maximum Gasteiger partial charge on any atom is 0.263 e. The third-order valence-corrected chi connectivity index (χ3v) is 2.84. The van der Waals surface area contributed by atoms with Gasteiger partial charge in [0.25, 0.3) is 5.88 Å². The smallest absolute Gasteiger partial charge is 0.263 e. The van der Waals surface area contributed by atoms with E-state index in [-0.39, 0.29) is 23.0 Å². The van der Waals surface area contributed by atoms with Crippen LogP contribution in [0.2, 0.25) is 0 Å². The molecule has 2 aromatic carbocycles. The zero-order valence-corrected chi connectivity index (χ0v) is 10.7. The van der Waals surface area contributed by atoms with E-state index in [1.54, 1.807) is 18.2 Å². The molecule has 0 aliphatic carbocycles. The van der Waals surface area contributed by atoms with E-state index < -0.39 is 5.82 Å². The second-order valence-corrected chi connectivity index (χ2v) is 4.26. The third-order valence-electron chi connectivity index (χ3n) is 2.84. The number of anilines is 1. The first kappa shape index (κ1) is 12.8. The lowest BCUT2D eigenvalue weighted by Crippen LogP contribution is -1.99. The normalized spacial score (nSPS) is 10.3. The lowest BCUT2D eigenvalue weighted by molar-refractivity contribution is 0.460. The minimum atomic E-state index is -0.665. The summed E-state index contributed by atoms with van der Waals surface area (Å²) in [7, 11) is 0. The Balaban J connectivity index is 2.00. The molecule has 1 aromatic heterocycles. The van der Waals surface area contributed by atoms with Crippen LogP contribution in [-0.2, 0) is 0 Å². The summed E-state index contributed by atoms with van der Waals surface area (Å²) in [6.45, 7) is 0. The number of rotatable bonds is 2. The summed E-state index contributed by atoms with van der Waals surface area (Å²) in [5.74, 6) is -0.263. The topological polar surface area (TPSA) is 84.8 Å². The SMILES string of the molecule is N#Cc1ccc(Oc2nc3ccccc3nc2N)cc1F. The molecule has 0 saturated carbocycles. The number of ether oxygens (including phenoxy) is 1. The van der Waals surface area contributed by atoms with Crippen LogP contribution >= 0.6 is 0 Å². The number of aromatic nitrogens is 2. The average Bonchev–Trinajstić information content (AvgIpc) is 2.48. The van der Waals surface area contributed by atoms with Gasteiger partial charge in [-0.2, -0.15) is 5.26 Å². The summed E-state index contributed by atoms with van der Waals surface area (Å²) in [6, 6.07) is 12.8. The molecular formula is C15H9FN4O. The molecule has 1 heterocycles. The first-order valence-electron chi connectivity index (χ1n) is 6.07. The molecule has 0 atom stereocenters. The largest absolute Gasteiger partial charge is 0.436 e. The van der Waals surface area contributed by atoms with Crippen LogP contribution in [0.4, 0.5) is 10.2 Å². The van der Waals surface area contributed by atoms with Crippen LogP contribution in [0.5, 0.6) is 11.6 Å². The molecule has 0 spiro atoms. The number of halogens is 1. The average molecular weight is 280 g/mol. The summed E-state index contributed by atoms with van der Waals surface area (Å²) in [6.07, 6.45) is 0. The number of para-hydroxylation sites is 2. The Morgan fingerprint density at radius 3 is 2.48 bits per heavy atom. The molecule has 21 heavy (non-hydrogen) atoms. The highest BCUT2D eigenvalue weighted by molar-refractivity contribution is 5.76. The van der Waals surface area contributed by atoms with Gasteiger partial charge in [0.2, 0.25) is 0 Å². The number of fused-ring (bicyclic) bond motifs is 1. The van der Waals surface area contributed by atoms with Gasteiger partial charge in [0.1, 0.15) is 17.6 Å². The molecular weight excluding hydrogens is 271 g/mol. The van der Waals surface area contributed by atoms with Crippen LogP contribution in [0.25, 0.3) is 11.0 Å². The van der Waals surface area contributed by atoms with Gasteiger partial charge in [-0.1, -0.05) is 12.1 Å². The predicted octanol–water partition coefficient (Wildman–Crippen LogP) is 3.02. The van der Waals surface area contributed by atoms with Gasteiger partial charge in [-0.05, 0) is 24.3 Å². The molecule has 0 unspecified atom stereocenters. The fourth-order valence-corrected chi connectivity index (χ4v) is 1.83. The van der Waals surface area contributed by atoms with Gasteiger partial charge < -0.3 is 10.5 Å². The van der Waals surface area contributed by atoms with E-state index in [9.17, 15) is 4.39 Å². The monoisotopic (exact) mass is 280 g/mol. The van der Waals surface area contributed by atoms with Gasteiger partial charge in [0, 0.05) is 6.07 Å². The number of nitriles is 1. The molecule has 0 saturated heterocycles. The minimum absolute atomic E-state index is 0.0556. The van der Waals surface area contributed by atoms with Crippen LogP contribution < -0.4 is 10.5 Å². The summed E-state index contributed by atoms with van der Waals surface area (Å²) >= 11 is 0. The van der Waals surface area contributed by atoms with Crippen molar-refractivity contribution in [2.45, 2.75) is 0 Å². The number of nitrogen functional groups attached to an aromatic ring is 1. The Labute approximate surface area is 119 Å². The standard InChI is InChI=1S/C15H9FN4O/c16-11-7-10(6-5-9(11)8-17)21-15-14(18)19-12-3-1-2-4-13(12)20-15/h1-7H,(H2,18,19). The van der Waals surface area contributed by atoms with Crippen molar-refractivity contribution in [1.82, 2.24) is 9.97 Å². The van der Waals surface area contributed by atoms with E-state index in [4.69, 9.17) is 15.7 Å². The van der Waals surface area contributed by atoms with Gasteiger partial charge in [0.05, 0.1) is 16.6 Å². The molecule has 0 aliphatic rings.